The van der Waals surface area contributed by atoms with Gasteiger partial charge in [-0.25, -0.2) is 15.0 Å². The maximum absolute atomic E-state index is 12.8. The topological polar surface area (TPSA) is 79.6 Å². The van der Waals surface area contributed by atoms with Crippen LogP contribution in [0.5, 0.6) is 0 Å². The lowest BCUT2D eigenvalue weighted by Crippen LogP contribution is -2.50. The Hall–Kier alpha value is -3.30. The molecular formula is C28H35N7O2. The summed E-state index contributed by atoms with van der Waals surface area (Å²) in [4.78, 5) is 33.2. The summed E-state index contributed by atoms with van der Waals surface area (Å²) in [5.41, 5.74) is 3.54. The molecule has 0 radical (unpaired) electrons. The lowest BCUT2D eigenvalue weighted by atomic mass is 10.0. The van der Waals surface area contributed by atoms with Gasteiger partial charge in [-0.2, -0.15) is 0 Å². The zero-order valence-electron chi connectivity index (χ0n) is 21.5. The molecular weight excluding hydrogens is 466 g/mol. The van der Waals surface area contributed by atoms with Gasteiger partial charge < -0.3 is 14.5 Å². The molecule has 3 saturated heterocycles. The highest BCUT2D eigenvalue weighted by atomic mass is 16.5. The van der Waals surface area contributed by atoms with E-state index in [1.807, 2.05) is 0 Å². The van der Waals surface area contributed by atoms with Gasteiger partial charge in [0.1, 0.15) is 12.4 Å². The van der Waals surface area contributed by atoms with E-state index in [-0.39, 0.29) is 11.7 Å². The van der Waals surface area contributed by atoms with Crippen molar-refractivity contribution in [3.05, 3.63) is 64.8 Å². The fraction of sp³-hybridized carbons (Fsp3) is 0.500. The molecule has 1 aromatic carbocycles. The quantitative estimate of drug-likeness (QED) is 0.527. The van der Waals surface area contributed by atoms with Gasteiger partial charge >= 0.3 is 0 Å². The van der Waals surface area contributed by atoms with Crippen molar-refractivity contribution >= 4 is 11.6 Å². The third-order valence-corrected chi connectivity index (χ3v) is 7.93. The number of benzene rings is 1. The Bertz CT molecular complexity index is 1260. The number of rotatable bonds is 5. The van der Waals surface area contributed by atoms with Crippen LogP contribution in [0.4, 0.5) is 11.6 Å². The van der Waals surface area contributed by atoms with Gasteiger partial charge in [0.05, 0.1) is 30.7 Å². The molecule has 0 saturated carbocycles. The Labute approximate surface area is 217 Å². The van der Waals surface area contributed by atoms with Crippen molar-refractivity contribution in [2.24, 2.45) is 7.05 Å². The second kappa shape index (κ2) is 10.6. The number of likely N-dealkylation sites (tertiary alicyclic amines) is 1. The number of hydrogen-bond donors (Lipinski definition) is 0. The fourth-order valence-corrected chi connectivity index (χ4v) is 5.93. The molecule has 0 spiro atoms. The molecule has 0 amide bonds. The third kappa shape index (κ3) is 4.98. The van der Waals surface area contributed by atoms with Crippen LogP contribution < -0.4 is 15.4 Å². The molecule has 6 rings (SSSR count). The van der Waals surface area contributed by atoms with Crippen LogP contribution >= 0.6 is 0 Å². The number of nitrogens with zero attached hydrogens (tertiary/aromatic N) is 7. The molecule has 3 fully saturated rings. The summed E-state index contributed by atoms with van der Waals surface area (Å²) >= 11 is 0. The first-order valence-corrected chi connectivity index (χ1v) is 13.5. The molecule has 9 nitrogen and oxygen atoms in total. The summed E-state index contributed by atoms with van der Waals surface area (Å²) in [6.07, 6.45) is 10.0. The van der Waals surface area contributed by atoms with Crippen LogP contribution in [0.15, 0.2) is 53.7 Å². The van der Waals surface area contributed by atoms with Gasteiger partial charge in [-0.15, -0.1) is 0 Å². The average molecular weight is 502 g/mol. The molecule has 2 unspecified atom stereocenters. The van der Waals surface area contributed by atoms with Crippen LogP contribution in [-0.2, 0) is 11.8 Å². The van der Waals surface area contributed by atoms with Gasteiger partial charge in [-0.3, -0.25) is 14.3 Å². The van der Waals surface area contributed by atoms with Gasteiger partial charge in [0, 0.05) is 51.2 Å². The molecule has 5 heterocycles. The van der Waals surface area contributed by atoms with Crippen molar-refractivity contribution in [1.82, 2.24) is 24.4 Å². The van der Waals surface area contributed by atoms with Crippen molar-refractivity contribution in [3.63, 3.8) is 0 Å². The highest BCUT2D eigenvalue weighted by molar-refractivity contribution is 5.55. The lowest BCUT2D eigenvalue weighted by molar-refractivity contribution is 0.0390. The van der Waals surface area contributed by atoms with Crippen molar-refractivity contribution in [2.45, 2.75) is 44.4 Å². The maximum atomic E-state index is 12.8. The van der Waals surface area contributed by atoms with E-state index in [4.69, 9.17) is 9.72 Å². The van der Waals surface area contributed by atoms with Crippen LogP contribution in [0.25, 0.3) is 11.4 Å². The van der Waals surface area contributed by atoms with Gasteiger partial charge in [0.25, 0.3) is 5.56 Å². The highest BCUT2D eigenvalue weighted by Crippen LogP contribution is 2.31. The molecule has 0 aliphatic carbocycles. The van der Waals surface area contributed by atoms with Crippen molar-refractivity contribution in [3.8, 4) is 11.4 Å². The Kier molecular flexibility index (Phi) is 6.89. The summed E-state index contributed by atoms with van der Waals surface area (Å²) in [6.45, 7) is 5.44. The fourth-order valence-electron chi connectivity index (χ4n) is 5.93. The number of hydrogen-bond acceptors (Lipinski definition) is 8. The van der Waals surface area contributed by atoms with Crippen LogP contribution in [0.3, 0.4) is 0 Å². The van der Waals surface area contributed by atoms with Crippen molar-refractivity contribution in [1.29, 1.82) is 0 Å². The minimum absolute atomic E-state index is 0.0851. The monoisotopic (exact) mass is 501 g/mol. The molecule has 2 atom stereocenters. The summed E-state index contributed by atoms with van der Waals surface area (Å²) in [6, 6.07) is 12.2. The molecule has 0 N–H and O–H groups in total. The van der Waals surface area contributed by atoms with Crippen LogP contribution in [0.2, 0.25) is 0 Å². The van der Waals surface area contributed by atoms with Crippen LogP contribution in [0.1, 0.15) is 43.8 Å². The molecule has 37 heavy (non-hydrogen) atoms. The van der Waals surface area contributed by atoms with E-state index >= 15 is 0 Å². The van der Waals surface area contributed by atoms with E-state index in [0.717, 1.165) is 12.1 Å². The van der Waals surface area contributed by atoms with Gasteiger partial charge in [0.2, 0.25) is 5.95 Å². The van der Waals surface area contributed by atoms with E-state index in [2.05, 4.69) is 48.9 Å². The van der Waals surface area contributed by atoms with Crippen molar-refractivity contribution < 1.29 is 4.74 Å². The number of ether oxygens (including phenoxy) is 1. The predicted octanol–water partition coefficient (Wildman–Crippen LogP) is 3.23. The third-order valence-electron chi connectivity index (χ3n) is 7.93. The molecule has 3 aromatic rings. The van der Waals surface area contributed by atoms with Crippen molar-refractivity contribution in [2.75, 3.05) is 49.1 Å². The van der Waals surface area contributed by atoms with Gasteiger partial charge in [-0.05, 0) is 55.9 Å². The molecule has 2 aromatic heterocycles. The SMILES string of the molecule is Cn1c(N2CCOC(c3ccc(N4CCCCC4N4CCCC4)cc3)C2)nc(-c2ccncn2)cc1=O. The van der Waals surface area contributed by atoms with Gasteiger partial charge in [0.15, 0.2) is 0 Å². The molecule has 194 valence electrons. The summed E-state index contributed by atoms with van der Waals surface area (Å²) < 4.78 is 7.79. The van der Waals surface area contributed by atoms with Gasteiger partial charge in [-0.1, -0.05) is 12.1 Å². The second-order valence-electron chi connectivity index (χ2n) is 10.2. The molecule has 3 aliphatic heterocycles. The van der Waals surface area contributed by atoms with E-state index in [1.54, 1.807) is 23.9 Å². The molecule has 0 bridgehead atoms. The van der Waals surface area contributed by atoms with Crippen LogP contribution in [0, 0.1) is 0 Å². The predicted molar refractivity (Wildman–Crippen MR) is 144 cm³/mol. The summed E-state index contributed by atoms with van der Waals surface area (Å²) in [5.74, 6) is 0.632. The summed E-state index contributed by atoms with van der Waals surface area (Å²) in [7, 11) is 1.77. The minimum Gasteiger partial charge on any atom is -0.370 e. The first-order chi connectivity index (χ1) is 18.2. The average Bonchev–Trinajstić information content (AvgIpc) is 3.50. The maximum Gasteiger partial charge on any atom is 0.255 e. The standard InChI is InChI=1S/C28H35N7O2/c1-32-27(36)18-24(23-11-12-29-20-30-23)31-28(32)34-16-17-37-25(19-34)21-7-9-22(10-8-21)35-15-3-2-6-26(35)33-13-4-5-14-33/h7-12,18,20,25-26H,2-6,13-17,19H2,1H3. The number of piperidine rings is 1. The zero-order valence-corrected chi connectivity index (χ0v) is 21.5. The Morgan fingerprint density at radius 1 is 0.946 bits per heavy atom. The zero-order chi connectivity index (χ0) is 25.2. The van der Waals surface area contributed by atoms with E-state index in [1.165, 1.54) is 63.3 Å². The largest absolute Gasteiger partial charge is 0.370 e. The Balaban J connectivity index is 1.21. The first-order valence-electron chi connectivity index (χ1n) is 13.5. The minimum atomic E-state index is -0.111. The Morgan fingerprint density at radius 3 is 2.54 bits per heavy atom. The summed E-state index contributed by atoms with van der Waals surface area (Å²) in [5, 5.41) is 0. The van der Waals surface area contributed by atoms with E-state index < -0.39 is 0 Å². The molecule has 9 heteroatoms. The van der Waals surface area contributed by atoms with E-state index in [0.29, 0.717) is 43.2 Å². The highest BCUT2D eigenvalue weighted by Gasteiger charge is 2.30. The number of aromatic nitrogens is 4. The smallest absolute Gasteiger partial charge is 0.255 e. The van der Waals surface area contributed by atoms with Crippen LogP contribution in [-0.4, -0.2) is 69.9 Å². The number of morpholine rings is 1. The number of anilines is 2. The second-order valence-corrected chi connectivity index (χ2v) is 10.2. The lowest BCUT2D eigenvalue weighted by Gasteiger charge is -2.42. The van der Waals surface area contributed by atoms with E-state index in [9.17, 15) is 4.79 Å². The normalized spacial score (nSPS) is 22.9. The Morgan fingerprint density at radius 2 is 1.76 bits per heavy atom. The first kappa shape index (κ1) is 24.1. The molecule has 3 aliphatic rings.